The summed E-state index contributed by atoms with van der Waals surface area (Å²) in [6, 6.07) is 2.98. The van der Waals surface area contributed by atoms with Crippen molar-refractivity contribution in [3.8, 4) is 0 Å². The summed E-state index contributed by atoms with van der Waals surface area (Å²) in [5.41, 5.74) is 0. The maximum Gasteiger partial charge on any atom is 0.157 e. The minimum atomic E-state index is -0.370. The Bertz CT molecular complexity index is 270. The highest BCUT2D eigenvalue weighted by Crippen LogP contribution is 2.02. The summed E-state index contributed by atoms with van der Waals surface area (Å²) in [6.07, 6.45) is 0. The minimum Gasteiger partial charge on any atom is -0.339 e. The molecule has 0 aliphatic carbocycles. The average Bonchev–Trinajstić information content (AvgIpc) is 1.80. The van der Waals surface area contributed by atoms with Crippen LogP contribution in [-0.4, -0.2) is 4.98 Å². The van der Waals surface area contributed by atoms with Gasteiger partial charge < -0.3 is 4.98 Å². The van der Waals surface area contributed by atoms with Crippen molar-refractivity contribution in [1.82, 2.24) is 4.98 Å². The van der Waals surface area contributed by atoms with Crippen LogP contribution in [0.4, 0.5) is 4.39 Å². The van der Waals surface area contributed by atoms with Gasteiger partial charge in [-0.2, -0.15) is 0 Å². The molecule has 1 heterocycles. The minimum absolute atomic E-state index is 0.168. The van der Waals surface area contributed by atoms with Gasteiger partial charge in [0.1, 0.15) is 4.64 Å². The first-order chi connectivity index (χ1) is 4.20. The van der Waals surface area contributed by atoms with Gasteiger partial charge in [-0.3, -0.25) is 0 Å². The first-order valence-corrected chi connectivity index (χ1v) is 3.73. The molecule has 0 fully saturated rings. The first kappa shape index (κ1) is 7.14. The Labute approximate surface area is 70.4 Å². The van der Waals surface area contributed by atoms with Crippen LogP contribution in [0.15, 0.2) is 12.1 Å². The Kier molecular flexibility index (Phi) is 2.18. The van der Waals surface area contributed by atoms with Crippen molar-refractivity contribution in [2.75, 3.05) is 0 Å². The molecule has 1 N–H and O–H groups in total. The summed E-state index contributed by atoms with van der Waals surface area (Å²) in [5.74, 6) is -0.370. The number of pyridine rings is 1. The number of halogens is 2. The van der Waals surface area contributed by atoms with E-state index in [9.17, 15) is 4.39 Å². The lowest BCUT2D eigenvalue weighted by molar-refractivity contribution is 0.615. The molecule has 0 amide bonds. The zero-order valence-electron chi connectivity index (χ0n) is 4.32. The monoisotopic (exact) mass is 255 g/mol. The average molecular weight is 255 g/mol. The number of hydrogen-bond acceptors (Lipinski definition) is 1. The molecule has 0 aliphatic rings. The van der Waals surface area contributed by atoms with Gasteiger partial charge in [-0.1, -0.05) is 12.2 Å². The van der Waals surface area contributed by atoms with E-state index in [0.29, 0.717) is 0 Å². The van der Waals surface area contributed by atoms with Crippen LogP contribution in [0.3, 0.4) is 0 Å². The smallest absolute Gasteiger partial charge is 0.157 e. The quantitative estimate of drug-likeness (QED) is 0.428. The van der Waals surface area contributed by atoms with E-state index in [1.165, 1.54) is 6.07 Å². The molecule has 1 aromatic rings. The van der Waals surface area contributed by atoms with Crippen molar-refractivity contribution in [2.24, 2.45) is 0 Å². The fraction of sp³-hybridized carbons (Fsp3) is 0. The maximum absolute atomic E-state index is 12.4. The number of aromatic nitrogens is 1. The molecule has 0 spiro atoms. The van der Waals surface area contributed by atoms with Gasteiger partial charge in [-0.25, -0.2) is 4.39 Å². The van der Waals surface area contributed by atoms with Crippen molar-refractivity contribution < 1.29 is 4.39 Å². The second-order valence-corrected chi connectivity index (χ2v) is 3.05. The Morgan fingerprint density at radius 3 is 2.67 bits per heavy atom. The maximum atomic E-state index is 12.4. The molecule has 0 aromatic carbocycles. The predicted molar refractivity (Wildman–Crippen MR) is 44.3 cm³/mol. The zero-order valence-corrected chi connectivity index (χ0v) is 7.29. The van der Waals surface area contributed by atoms with Crippen LogP contribution in [0.25, 0.3) is 0 Å². The lowest BCUT2D eigenvalue weighted by atomic mass is 10.5. The van der Waals surface area contributed by atoms with Gasteiger partial charge in [0.15, 0.2) is 5.82 Å². The van der Waals surface area contributed by atoms with Crippen LogP contribution in [0.1, 0.15) is 0 Å². The van der Waals surface area contributed by atoms with Crippen LogP contribution in [0.2, 0.25) is 0 Å². The van der Waals surface area contributed by atoms with E-state index in [2.05, 4.69) is 17.2 Å². The van der Waals surface area contributed by atoms with Crippen molar-refractivity contribution in [2.45, 2.75) is 0 Å². The third-order valence-corrected chi connectivity index (χ3v) is 1.75. The second kappa shape index (κ2) is 2.74. The van der Waals surface area contributed by atoms with Crippen LogP contribution >= 0.6 is 34.8 Å². The van der Waals surface area contributed by atoms with E-state index in [-0.39, 0.29) is 10.5 Å². The molecule has 0 radical (unpaired) electrons. The summed E-state index contributed by atoms with van der Waals surface area (Å²) in [7, 11) is 0. The van der Waals surface area contributed by atoms with Gasteiger partial charge in [0.05, 0.1) is 3.70 Å². The summed E-state index contributed by atoms with van der Waals surface area (Å²) in [5, 5.41) is 0. The predicted octanol–water partition coefficient (Wildman–Crippen LogP) is 2.49. The lowest BCUT2D eigenvalue weighted by Crippen LogP contribution is -1.83. The van der Waals surface area contributed by atoms with E-state index in [1.54, 1.807) is 6.07 Å². The molecule has 0 aliphatic heterocycles. The standard InChI is InChI=1S/C5H3FINS/c6-3-1-2-4(7)8-5(3)9/h1-2H,(H,8,9). The lowest BCUT2D eigenvalue weighted by Gasteiger charge is -1.89. The van der Waals surface area contributed by atoms with E-state index >= 15 is 0 Å². The highest BCUT2D eigenvalue weighted by molar-refractivity contribution is 14.1. The Morgan fingerprint density at radius 2 is 2.22 bits per heavy atom. The van der Waals surface area contributed by atoms with Gasteiger partial charge in [0.25, 0.3) is 0 Å². The summed E-state index contributed by atoms with van der Waals surface area (Å²) in [6.45, 7) is 0. The van der Waals surface area contributed by atoms with Gasteiger partial charge in [-0.05, 0) is 34.7 Å². The van der Waals surface area contributed by atoms with Gasteiger partial charge in [0.2, 0.25) is 0 Å². The third-order valence-electron chi connectivity index (χ3n) is 0.826. The van der Waals surface area contributed by atoms with E-state index in [0.717, 1.165) is 3.70 Å². The van der Waals surface area contributed by atoms with Crippen LogP contribution in [0.5, 0.6) is 0 Å². The topological polar surface area (TPSA) is 15.8 Å². The van der Waals surface area contributed by atoms with Crippen LogP contribution < -0.4 is 0 Å². The molecule has 1 aromatic heterocycles. The first-order valence-electron chi connectivity index (χ1n) is 2.24. The summed E-state index contributed by atoms with van der Waals surface area (Å²) in [4.78, 5) is 2.66. The Morgan fingerprint density at radius 1 is 1.56 bits per heavy atom. The van der Waals surface area contributed by atoms with Gasteiger partial charge in [-0.15, -0.1) is 0 Å². The molecule has 9 heavy (non-hydrogen) atoms. The fourth-order valence-electron chi connectivity index (χ4n) is 0.432. The molecule has 0 saturated heterocycles. The second-order valence-electron chi connectivity index (χ2n) is 1.48. The van der Waals surface area contributed by atoms with Gasteiger partial charge >= 0.3 is 0 Å². The molecule has 0 saturated carbocycles. The van der Waals surface area contributed by atoms with Crippen LogP contribution in [0, 0.1) is 14.2 Å². The largest absolute Gasteiger partial charge is 0.339 e. The number of H-pyrrole nitrogens is 1. The van der Waals surface area contributed by atoms with Crippen molar-refractivity contribution in [1.29, 1.82) is 0 Å². The Balaban J connectivity index is 3.34. The zero-order chi connectivity index (χ0) is 6.85. The highest BCUT2D eigenvalue weighted by Gasteiger charge is 1.90. The Hall–Kier alpha value is 0.0300. The molecule has 0 unspecified atom stereocenters. The summed E-state index contributed by atoms with van der Waals surface area (Å²) < 4.78 is 13.4. The molecule has 0 bridgehead atoms. The van der Waals surface area contributed by atoms with E-state index < -0.39 is 0 Å². The molecular weight excluding hydrogens is 252 g/mol. The third kappa shape index (κ3) is 1.72. The molecule has 4 heteroatoms. The normalized spacial score (nSPS) is 9.56. The van der Waals surface area contributed by atoms with E-state index in [4.69, 9.17) is 0 Å². The fourth-order valence-corrected chi connectivity index (χ4v) is 1.24. The van der Waals surface area contributed by atoms with Crippen LogP contribution in [-0.2, 0) is 0 Å². The molecule has 0 atom stereocenters. The summed E-state index contributed by atoms with van der Waals surface area (Å²) >= 11 is 6.64. The molecule has 48 valence electrons. The van der Waals surface area contributed by atoms with Crippen molar-refractivity contribution in [3.05, 3.63) is 26.3 Å². The molecule has 1 rings (SSSR count). The molecule has 1 nitrogen and oxygen atoms in total. The SMILES string of the molecule is Fc1ccc(I)[nH]c1=S. The number of aromatic amines is 1. The molecular formula is C5H3FINS. The van der Waals surface area contributed by atoms with Gasteiger partial charge in [0, 0.05) is 0 Å². The number of nitrogens with one attached hydrogen (secondary N) is 1. The van der Waals surface area contributed by atoms with Crippen molar-refractivity contribution in [3.63, 3.8) is 0 Å². The van der Waals surface area contributed by atoms with E-state index in [1.807, 2.05) is 22.6 Å². The number of rotatable bonds is 0. The number of hydrogen-bond donors (Lipinski definition) is 1. The van der Waals surface area contributed by atoms with Crippen molar-refractivity contribution >= 4 is 34.8 Å². The highest BCUT2D eigenvalue weighted by atomic mass is 127.